The number of carboxylic acid groups (broad SMARTS) is 1. The van der Waals surface area contributed by atoms with Crippen molar-refractivity contribution in [3.05, 3.63) is 32.5 Å². The predicted molar refractivity (Wildman–Crippen MR) is 62.9 cm³/mol. The Labute approximate surface area is 106 Å². The van der Waals surface area contributed by atoms with Crippen LogP contribution in [0.3, 0.4) is 0 Å². The Kier molecular flexibility index (Phi) is 4.69. The minimum absolute atomic E-state index is 0.0895. The first kappa shape index (κ1) is 14.3. The molecule has 0 bridgehead atoms. The Morgan fingerprint density at radius 1 is 1.37 bits per heavy atom. The summed E-state index contributed by atoms with van der Waals surface area (Å²) >= 11 is 0. The summed E-state index contributed by atoms with van der Waals surface area (Å²) in [6, 6.07) is 0.798. The molecule has 1 heterocycles. The summed E-state index contributed by atoms with van der Waals surface area (Å²) in [5, 5.41) is 32.2. The van der Waals surface area contributed by atoms with E-state index in [1.165, 1.54) is 0 Å². The van der Waals surface area contributed by atoms with Crippen LogP contribution < -0.4 is 5.32 Å². The van der Waals surface area contributed by atoms with Crippen LogP contribution in [0.15, 0.2) is 12.3 Å². The smallest absolute Gasteiger partial charge is 0.318 e. The van der Waals surface area contributed by atoms with Crippen LogP contribution in [0.4, 0.5) is 17.2 Å². The average molecular weight is 270 g/mol. The van der Waals surface area contributed by atoms with Crippen molar-refractivity contribution in [2.45, 2.75) is 12.8 Å². The van der Waals surface area contributed by atoms with Gasteiger partial charge in [0.15, 0.2) is 0 Å². The standard InChI is InChI=1S/C9H10N4O6/c14-8(15)2-1-3-10-9-7(13(18)19)4-6(5-11-9)12(16)17/h4-5H,1-3H2,(H,10,11)(H,14,15). The molecular weight excluding hydrogens is 260 g/mol. The van der Waals surface area contributed by atoms with E-state index in [9.17, 15) is 25.0 Å². The van der Waals surface area contributed by atoms with E-state index in [2.05, 4.69) is 10.3 Å². The molecule has 1 rings (SSSR count). The van der Waals surface area contributed by atoms with Gasteiger partial charge in [0.05, 0.1) is 15.9 Å². The maximum Gasteiger partial charge on any atom is 0.318 e. The third-order valence-electron chi connectivity index (χ3n) is 2.12. The Hall–Kier alpha value is -2.78. The van der Waals surface area contributed by atoms with Gasteiger partial charge >= 0.3 is 11.7 Å². The number of carboxylic acids is 1. The monoisotopic (exact) mass is 270 g/mol. The minimum atomic E-state index is -0.979. The lowest BCUT2D eigenvalue weighted by Gasteiger charge is -2.04. The number of pyridine rings is 1. The number of nitro groups is 2. The molecule has 0 aliphatic rings. The number of carbonyl (C=O) groups is 1. The molecule has 0 aliphatic heterocycles. The zero-order valence-electron chi connectivity index (χ0n) is 9.61. The Morgan fingerprint density at radius 3 is 2.58 bits per heavy atom. The SMILES string of the molecule is O=C(O)CCCNc1ncc([N+](=O)[O-])cc1[N+](=O)[O-]. The fraction of sp³-hybridized carbons (Fsp3) is 0.333. The molecule has 0 radical (unpaired) electrons. The minimum Gasteiger partial charge on any atom is -0.481 e. The molecule has 0 fully saturated rings. The number of aliphatic carboxylic acids is 1. The molecule has 0 spiro atoms. The average Bonchev–Trinajstić information content (AvgIpc) is 2.34. The van der Waals surface area contributed by atoms with E-state index in [1.54, 1.807) is 0 Å². The first-order chi connectivity index (χ1) is 8.91. The van der Waals surface area contributed by atoms with E-state index in [1.807, 2.05) is 0 Å². The largest absolute Gasteiger partial charge is 0.481 e. The van der Waals surface area contributed by atoms with Crippen LogP contribution in [0.2, 0.25) is 0 Å². The van der Waals surface area contributed by atoms with Gasteiger partial charge in [-0.05, 0) is 6.42 Å². The molecule has 0 unspecified atom stereocenters. The first-order valence-electron chi connectivity index (χ1n) is 5.16. The quantitative estimate of drug-likeness (QED) is 0.426. The molecule has 0 atom stereocenters. The van der Waals surface area contributed by atoms with Crippen LogP contribution >= 0.6 is 0 Å². The van der Waals surface area contributed by atoms with Gasteiger partial charge in [0.1, 0.15) is 6.20 Å². The summed E-state index contributed by atoms with van der Waals surface area (Å²) < 4.78 is 0. The zero-order chi connectivity index (χ0) is 14.4. The third-order valence-corrected chi connectivity index (χ3v) is 2.12. The van der Waals surface area contributed by atoms with E-state index in [0.29, 0.717) is 0 Å². The van der Waals surface area contributed by atoms with E-state index < -0.39 is 27.2 Å². The van der Waals surface area contributed by atoms with Gasteiger partial charge in [-0.15, -0.1) is 0 Å². The third kappa shape index (κ3) is 4.18. The van der Waals surface area contributed by atoms with Gasteiger partial charge in [0, 0.05) is 13.0 Å². The van der Waals surface area contributed by atoms with E-state index in [-0.39, 0.29) is 25.2 Å². The van der Waals surface area contributed by atoms with Crippen LogP contribution in [-0.4, -0.2) is 32.5 Å². The number of rotatable bonds is 7. The van der Waals surface area contributed by atoms with Crippen LogP contribution in [0, 0.1) is 20.2 Å². The fourth-order valence-corrected chi connectivity index (χ4v) is 1.26. The summed E-state index contributed by atoms with van der Waals surface area (Å²) in [5.41, 5.74) is -1.01. The maximum atomic E-state index is 10.7. The summed E-state index contributed by atoms with van der Waals surface area (Å²) in [4.78, 5) is 33.5. The summed E-state index contributed by atoms with van der Waals surface area (Å²) in [6.07, 6.45) is 1.06. The first-order valence-corrected chi connectivity index (χ1v) is 5.16. The molecule has 0 saturated heterocycles. The molecule has 2 N–H and O–H groups in total. The molecule has 102 valence electrons. The number of nitrogens with one attached hydrogen (secondary N) is 1. The Morgan fingerprint density at radius 2 is 2.05 bits per heavy atom. The van der Waals surface area contributed by atoms with Crippen molar-refractivity contribution in [3.63, 3.8) is 0 Å². The van der Waals surface area contributed by atoms with Crippen LogP contribution in [0.1, 0.15) is 12.8 Å². The molecule has 1 aromatic heterocycles. The van der Waals surface area contributed by atoms with Gasteiger partial charge in [-0.2, -0.15) is 0 Å². The van der Waals surface area contributed by atoms with Gasteiger partial charge in [-0.25, -0.2) is 4.98 Å². The molecule has 0 aromatic carbocycles. The van der Waals surface area contributed by atoms with E-state index in [4.69, 9.17) is 5.11 Å². The lowest BCUT2D eigenvalue weighted by Crippen LogP contribution is -2.08. The van der Waals surface area contributed by atoms with E-state index in [0.717, 1.165) is 12.3 Å². The highest BCUT2D eigenvalue weighted by Crippen LogP contribution is 2.26. The summed E-state index contributed by atoms with van der Waals surface area (Å²) in [5.74, 6) is -1.10. The van der Waals surface area contributed by atoms with Crippen LogP contribution in [0.25, 0.3) is 0 Å². The summed E-state index contributed by atoms with van der Waals surface area (Å²) in [7, 11) is 0. The van der Waals surface area contributed by atoms with Crippen LogP contribution in [0.5, 0.6) is 0 Å². The van der Waals surface area contributed by atoms with Crippen molar-refractivity contribution >= 4 is 23.2 Å². The Bertz CT molecular complexity index is 517. The second kappa shape index (κ2) is 6.23. The molecule has 10 heteroatoms. The lowest BCUT2D eigenvalue weighted by molar-refractivity contribution is -0.394. The number of aromatic nitrogens is 1. The molecule has 0 amide bonds. The van der Waals surface area contributed by atoms with Crippen molar-refractivity contribution in [1.82, 2.24) is 4.98 Å². The van der Waals surface area contributed by atoms with Gasteiger partial charge in [-0.3, -0.25) is 25.0 Å². The number of hydrogen-bond acceptors (Lipinski definition) is 7. The fourth-order valence-electron chi connectivity index (χ4n) is 1.26. The predicted octanol–water partition coefficient (Wildman–Crippen LogP) is 1.17. The molecule has 0 saturated carbocycles. The molecule has 10 nitrogen and oxygen atoms in total. The highest BCUT2D eigenvalue weighted by atomic mass is 16.6. The van der Waals surface area contributed by atoms with Crippen LogP contribution in [-0.2, 0) is 4.79 Å². The topological polar surface area (TPSA) is 149 Å². The van der Waals surface area contributed by atoms with Gasteiger partial charge in [0.25, 0.3) is 5.69 Å². The number of hydrogen-bond donors (Lipinski definition) is 2. The highest BCUT2D eigenvalue weighted by molar-refractivity contribution is 5.66. The van der Waals surface area contributed by atoms with Crippen molar-refractivity contribution in [3.8, 4) is 0 Å². The second-order valence-electron chi connectivity index (χ2n) is 3.50. The highest BCUT2D eigenvalue weighted by Gasteiger charge is 2.20. The maximum absolute atomic E-state index is 10.7. The summed E-state index contributed by atoms with van der Waals surface area (Å²) in [6.45, 7) is 0.165. The van der Waals surface area contributed by atoms with Gasteiger partial charge < -0.3 is 10.4 Å². The van der Waals surface area contributed by atoms with Crippen molar-refractivity contribution in [1.29, 1.82) is 0 Å². The number of nitrogens with zero attached hydrogens (tertiary/aromatic N) is 3. The van der Waals surface area contributed by atoms with Gasteiger partial charge in [0.2, 0.25) is 5.82 Å². The normalized spacial score (nSPS) is 9.89. The number of anilines is 1. The van der Waals surface area contributed by atoms with Crippen molar-refractivity contribution < 1.29 is 19.7 Å². The van der Waals surface area contributed by atoms with E-state index >= 15 is 0 Å². The molecule has 0 aliphatic carbocycles. The molecule has 1 aromatic rings. The zero-order valence-corrected chi connectivity index (χ0v) is 9.61. The van der Waals surface area contributed by atoms with Gasteiger partial charge in [-0.1, -0.05) is 0 Å². The molecule has 19 heavy (non-hydrogen) atoms. The molecular formula is C9H10N4O6. The van der Waals surface area contributed by atoms with Crippen molar-refractivity contribution in [2.24, 2.45) is 0 Å². The van der Waals surface area contributed by atoms with Crippen molar-refractivity contribution in [2.75, 3.05) is 11.9 Å². The second-order valence-corrected chi connectivity index (χ2v) is 3.50. The lowest BCUT2D eigenvalue weighted by atomic mass is 10.3. The Balaban J connectivity index is 2.79.